The molecule has 0 heterocycles. The fraction of sp³-hybridized carbons (Fsp3) is 0.571. The molecule has 1 aromatic carbocycles. The number of halogens is 2. The van der Waals surface area contributed by atoms with Gasteiger partial charge in [0.05, 0.1) is 4.90 Å². The van der Waals surface area contributed by atoms with Gasteiger partial charge in [-0.2, -0.15) is 4.31 Å². The molecule has 0 amide bonds. The first-order chi connectivity index (χ1) is 9.64. The Hall–Kier alpha value is -0.500. The molecule has 0 aliphatic carbocycles. The van der Waals surface area contributed by atoms with Crippen molar-refractivity contribution >= 4 is 26.0 Å². The summed E-state index contributed by atoms with van der Waals surface area (Å²) in [6, 6.07) is 3.59. The molecule has 0 saturated heterocycles. The number of hydrogen-bond acceptors (Lipinski definition) is 3. The molecule has 0 spiro atoms. The molecular formula is C14H22BrFN2O2S. The minimum Gasteiger partial charge on any atom is -0.330 e. The normalized spacial score (nSPS) is 12.9. The van der Waals surface area contributed by atoms with Crippen molar-refractivity contribution in [2.45, 2.75) is 32.1 Å². The molecule has 0 aliphatic heterocycles. The van der Waals surface area contributed by atoms with Crippen molar-refractivity contribution in [2.24, 2.45) is 11.1 Å². The Labute approximate surface area is 134 Å². The summed E-state index contributed by atoms with van der Waals surface area (Å²) in [5.41, 5.74) is 5.38. The molecule has 0 radical (unpaired) electrons. The highest BCUT2D eigenvalue weighted by atomic mass is 79.9. The van der Waals surface area contributed by atoms with Crippen LogP contribution in [0.3, 0.4) is 0 Å². The zero-order valence-electron chi connectivity index (χ0n) is 12.6. The predicted octanol–water partition coefficient (Wildman–Crippen LogP) is 2.97. The average molecular weight is 381 g/mol. The van der Waals surface area contributed by atoms with E-state index in [1.54, 1.807) is 0 Å². The third kappa shape index (κ3) is 4.74. The first-order valence-electron chi connectivity index (χ1n) is 6.79. The maximum atomic E-state index is 13.2. The van der Waals surface area contributed by atoms with Crippen LogP contribution >= 0.6 is 15.9 Å². The van der Waals surface area contributed by atoms with E-state index in [4.69, 9.17) is 5.73 Å². The van der Waals surface area contributed by atoms with Crippen molar-refractivity contribution < 1.29 is 12.8 Å². The highest BCUT2D eigenvalue weighted by molar-refractivity contribution is 9.10. The maximum absolute atomic E-state index is 13.2. The Kier molecular flexibility index (Phi) is 6.34. The molecule has 120 valence electrons. The minimum atomic E-state index is -3.69. The van der Waals surface area contributed by atoms with E-state index >= 15 is 0 Å². The number of hydrogen-bond donors (Lipinski definition) is 1. The summed E-state index contributed by atoms with van der Waals surface area (Å²) in [7, 11) is -3.69. The molecule has 1 rings (SSSR count). The Balaban J connectivity index is 3.21. The van der Waals surface area contributed by atoms with Gasteiger partial charge in [-0.15, -0.1) is 0 Å². The molecule has 0 atom stereocenters. The van der Waals surface area contributed by atoms with Gasteiger partial charge in [-0.1, -0.05) is 20.8 Å². The van der Waals surface area contributed by atoms with E-state index in [9.17, 15) is 12.8 Å². The van der Waals surface area contributed by atoms with Crippen LogP contribution in [0.4, 0.5) is 4.39 Å². The third-order valence-corrected chi connectivity index (χ3v) is 5.96. The van der Waals surface area contributed by atoms with E-state index < -0.39 is 15.8 Å². The molecule has 0 aliphatic rings. The third-order valence-electron chi connectivity index (χ3n) is 3.14. The number of nitrogens with zero attached hydrogens (tertiary/aromatic N) is 1. The molecular weight excluding hydrogens is 359 g/mol. The smallest absolute Gasteiger partial charge is 0.244 e. The van der Waals surface area contributed by atoms with Crippen molar-refractivity contribution in [3.05, 3.63) is 28.5 Å². The highest BCUT2D eigenvalue weighted by Crippen LogP contribution is 2.28. The summed E-state index contributed by atoms with van der Waals surface area (Å²) >= 11 is 3.13. The Bertz CT molecular complexity index is 591. The Morgan fingerprint density at radius 1 is 1.38 bits per heavy atom. The SMILES string of the molecule is CCCN(CC(C)(C)CN)S(=O)(=O)c1ccc(F)cc1Br. The number of rotatable bonds is 7. The Morgan fingerprint density at radius 3 is 2.48 bits per heavy atom. The fourth-order valence-corrected chi connectivity index (χ4v) is 4.63. The van der Waals surface area contributed by atoms with Crippen LogP contribution in [0.1, 0.15) is 27.2 Å². The van der Waals surface area contributed by atoms with Crippen LogP contribution in [0.25, 0.3) is 0 Å². The van der Waals surface area contributed by atoms with Crippen LogP contribution < -0.4 is 5.73 Å². The molecule has 4 nitrogen and oxygen atoms in total. The number of nitrogens with two attached hydrogens (primary N) is 1. The van der Waals surface area contributed by atoms with E-state index in [0.29, 0.717) is 26.1 Å². The van der Waals surface area contributed by atoms with Gasteiger partial charge in [-0.05, 0) is 52.5 Å². The lowest BCUT2D eigenvalue weighted by Crippen LogP contribution is -2.42. The summed E-state index contributed by atoms with van der Waals surface area (Å²) in [5, 5.41) is 0. The lowest BCUT2D eigenvalue weighted by Gasteiger charge is -2.31. The zero-order chi connectivity index (χ0) is 16.3. The van der Waals surface area contributed by atoms with Crippen molar-refractivity contribution in [1.29, 1.82) is 0 Å². The van der Waals surface area contributed by atoms with Gasteiger partial charge in [0.1, 0.15) is 5.82 Å². The standard InChI is InChI=1S/C14H22BrFN2O2S/c1-4-7-18(10-14(2,3)9-17)21(19,20)13-6-5-11(16)8-12(13)15/h5-6,8H,4,7,9-10,17H2,1-3H3. The molecule has 0 bridgehead atoms. The van der Waals surface area contributed by atoms with Gasteiger partial charge in [0.25, 0.3) is 0 Å². The summed E-state index contributed by atoms with van der Waals surface area (Å²) in [6.07, 6.45) is 0.693. The van der Waals surface area contributed by atoms with E-state index in [0.717, 1.165) is 12.1 Å². The van der Waals surface area contributed by atoms with E-state index in [-0.39, 0.29) is 14.8 Å². The molecule has 1 aromatic rings. The first-order valence-corrected chi connectivity index (χ1v) is 9.02. The fourth-order valence-electron chi connectivity index (χ4n) is 1.90. The van der Waals surface area contributed by atoms with Gasteiger partial charge < -0.3 is 5.73 Å². The monoisotopic (exact) mass is 380 g/mol. The molecule has 2 N–H and O–H groups in total. The van der Waals surface area contributed by atoms with Gasteiger partial charge in [0, 0.05) is 17.6 Å². The minimum absolute atomic E-state index is 0.0742. The summed E-state index contributed by atoms with van der Waals surface area (Å²) in [6.45, 7) is 6.86. The largest absolute Gasteiger partial charge is 0.330 e. The first kappa shape index (κ1) is 18.5. The molecule has 0 fully saturated rings. The lowest BCUT2D eigenvalue weighted by molar-refractivity contribution is 0.266. The summed E-state index contributed by atoms with van der Waals surface area (Å²) in [4.78, 5) is 0.0742. The molecule has 0 unspecified atom stereocenters. The average Bonchev–Trinajstić information content (AvgIpc) is 2.37. The van der Waals surface area contributed by atoms with Crippen LogP contribution in [0.5, 0.6) is 0 Å². The van der Waals surface area contributed by atoms with E-state index in [1.165, 1.54) is 10.4 Å². The van der Waals surface area contributed by atoms with Crippen LogP contribution in [0.15, 0.2) is 27.6 Å². The van der Waals surface area contributed by atoms with Gasteiger partial charge in [0.2, 0.25) is 10.0 Å². The van der Waals surface area contributed by atoms with Crippen molar-refractivity contribution in [3.63, 3.8) is 0 Å². The quantitative estimate of drug-likeness (QED) is 0.790. The second-order valence-corrected chi connectivity index (χ2v) is 8.54. The zero-order valence-corrected chi connectivity index (χ0v) is 15.0. The Morgan fingerprint density at radius 2 is 2.00 bits per heavy atom. The van der Waals surface area contributed by atoms with Crippen LogP contribution in [0.2, 0.25) is 0 Å². The predicted molar refractivity (Wildman–Crippen MR) is 86.0 cm³/mol. The molecule has 0 aromatic heterocycles. The van der Waals surface area contributed by atoms with Gasteiger partial charge >= 0.3 is 0 Å². The van der Waals surface area contributed by atoms with Crippen molar-refractivity contribution in [1.82, 2.24) is 4.31 Å². The highest BCUT2D eigenvalue weighted by Gasteiger charge is 2.30. The number of sulfonamides is 1. The summed E-state index contributed by atoms with van der Waals surface area (Å²) in [5.74, 6) is -0.481. The topological polar surface area (TPSA) is 63.4 Å². The van der Waals surface area contributed by atoms with Crippen LogP contribution in [-0.4, -0.2) is 32.4 Å². The van der Waals surface area contributed by atoms with E-state index in [1.807, 2.05) is 20.8 Å². The van der Waals surface area contributed by atoms with Gasteiger partial charge in [-0.25, -0.2) is 12.8 Å². The van der Waals surface area contributed by atoms with Crippen molar-refractivity contribution in [3.8, 4) is 0 Å². The molecule has 21 heavy (non-hydrogen) atoms. The lowest BCUT2D eigenvalue weighted by atomic mass is 9.94. The molecule has 7 heteroatoms. The second-order valence-electron chi connectivity index (χ2n) is 5.78. The summed E-state index contributed by atoms with van der Waals surface area (Å²) < 4.78 is 40.4. The number of benzene rings is 1. The van der Waals surface area contributed by atoms with Crippen LogP contribution in [-0.2, 0) is 10.0 Å². The van der Waals surface area contributed by atoms with Gasteiger partial charge in [-0.3, -0.25) is 0 Å². The molecule has 0 saturated carbocycles. The second kappa shape index (κ2) is 7.17. The van der Waals surface area contributed by atoms with Crippen LogP contribution in [0, 0.1) is 11.2 Å². The maximum Gasteiger partial charge on any atom is 0.244 e. The van der Waals surface area contributed by atoms with Gasteiger partial charge in [0.15, 0.2) is 0 Å². The van der Waals surface area contributed by atoms with E-state index in [2.05, 4.69) is 15.9 Å². The van der Waals surface area contributed by atoms with Crippen molar-refractivity contribution in [2.75, 3.05) is 19.6 Å².